The maximum atomic E-state index is 12.6. The Morgan fingerprint density at radius 1 is 1.29 bits per heavy atom. The molecule has 1 aromatic heterocycles. The van der Waals surface area contributed by atoms with E-state index in [1.54, 1.807) is 4.90 Å². The molecular weight excluding hydrogens is 308 g/mol. The molecule has 2 heterocycles. The number of carbonyl (C=O) groups excluding carboxylic acids is 2. The minimum atomic E-state index is -0.765. The van der Waals surface area contributed by atoms with Crippen LogP contribution in [0.1, 0.15) is 66.6 Å². The fourth-order valence-electron chi connectivity index (χ4n) is 2.65. The third-order valence-corrected chi connectivity index (χ3v) is 4.21. The van der Waals surface area contributed by atoms with Gasteiger partial charge in [-0.15, -0.1) is 0 Å². The van der Waals surface area contributed by atoms with Gasteiger partial charge in [-0.3, -0.25) is 9.59 Å². The van der Waals surface area contributed by atoms with E-state index < -0.39 is 5.54 Å². The molecule has 0 spiro atoms. The second kappa shape index (κ2) is 6.18. The van der Waals surface area contributed by atoms with E-state index in [1.165, 1.54) is 0 Å². The summed E-state index contributed by atoms with van der Waals surface area (Å²) >= 11 is 0. The monoisotopic (exact) mass is 336 g/mol. The van der Waals surface area contributed by atoms with Crippen LogP contribution in [0.25, 0.3) is 0 Å². The highest BCUT2D eigenvalue weighted by Gasteiger charge is 2.39. The van der Waals surface area contributed by atoms with E-state index in [9.17, 15) is 9.59 Å². The molecule has 7 heteroatoms. The number of rotatable bonds is 4. The van der Waals surface area contributed by atoms with Crippen molar-refractivity contribution in [3.63, 3.8) is 0 Å². The molecule has 1 fully saturated rings. The summed E-state index contributed by atoms with van der Waals surface area (Å²) in [4.78, 5) is 30.7. The quantitative estimate of drug-likeness (QED) is 0.908. The Kier molecular flexibility index (Phi) is 4.74. The lowest BCUT2D eigenvalue weighted by Gasteiger charge is -2.25. The van der Waals surface area contributed by atoms with Gasteiger partial charge in [0.1, 0.15) is 0 Å². The number of aromatic nitrogens is 2. The van der Waals surface area contributed by atoms with Gasteiger partial charge in [-0.1, -0.05) is 25.9 Å². The Bertz CT molecular complexity index is 628. The highest BCUT2D eigenvalue weighted by Crippen LogP contribution is 2.26. The van der Waals surface area contributed by atoms with Crippen LogP contribution in [-0.2, 0) is 20.5 Å². The Hall–Kier alpha value is -1.92. The molecule has 2 rings (SSSR count). The summed E-state index contributed by atoms with van der Waals surface area (Å²) in [5.41, 5.74) is -1.01. The summed E-state index contributed by atoms with van der Waals surface area (Å²) in [5, 5.41) is 6.97. The second-order valence-electron chi connectivity index (χ2n) is 8.33. The van der Waals surface area contributed by atoms with Crippen LogP contribution in [0.2, 0.25) is 0 Å². The van der Waals surface area contributed by atoms with Crippen LogP contribution in [0.15, 0.2) is 4.52 Å². The fraction of sp³-hybridized carbons (Fsp3) is 0.765. The van der Waals surface area contributed by atoms with Crippen LogP contribution in [0.5, 0.6) is 0 Å². The number of carbonyl (C=O) groups is 2. The average molecular weight is 336 g/mol. The van der Waals surface area contributed by atoms with Crippen LogP contribution < -0.4 is 5.32 Å². The minimum Gasteiger partial charge on any atom is -0.343 e. The van der Waals surface area contributed by atoms with Crippen LogP contribution in [0.4, 0.5) is 0 Å². The lowest BCUT2D eigenvalue weighted by Crippen LogP contribution is -2.45. The van der Waals surface area contributed by atoms with Gasteiger partial charge >= 0.3 is 0 Å². The topological polar surface area (TPSA) is 88.3 Å². The molecule has 1 unspecified atom stereocenters. The first-order valence-electron chi connectivity index (χ1n) is 8.38. The molecule has 2 amide bonds. The molecular formula is C17H28N4O3. The SMILES string of the molecule is CC(C)N1CC(C(=O)NC(C)(C)c2noc(C(C)(C)C)n2)CC1=O. The molecule has 0 aliphatic carbocycles. The first kappa shape index (κ1) is 18.4. The second-order valence-corrected chi connectivity index (χ2v) is 8.33. The van der Waals surface area contributed by atoms with Crippen molar-refractivity contribution in [2.24, 2.45) is 5.92 Å². The van der Waals surface area contributed by atoms with Gasteiger partial charge in [-0.2, -0.15) is 4.98 Å². The molecule has 0 saturated carbocycles. The highest BCUT2D eigenvalue weighted by atomic mass is 16.5. The summed E-state index contributed by atoms with van der Waals surface area (Å²) < 4.78 is 5.31. The Balaban J connectivity index is 2.08. The molecule has 1 atom stereocenters. The van der Waals surface area contributed by atoms with Crippen molar-refractivity contribution in [3.05, 3.63) is 11.7 Å². The summed E-state index contributed by atoms with van der Waals surface area (Å²) in [6.45, 7) is 14.0. The van der Waals surface area contributed by atoms with E-state index in [-0.39, 0.29) is 35.6 Å². The fourth-order valence-corrected chi connectivity index (χ4v) is 2.65. The van der Waals surface area contributed by atoms with Gasteiger partial charge in [0, 0.05) is 24.4 Å². The van der Waals surface area contributed by atoms with Crippen LogP contribution in [-0.4, -0.2) is 39.4 Å². The minimum absolute atomic E-state index is 0.0255. The predicted molar refractivity (Wildman–Crippen MR) is 89.1 cm³/mol. The van der Waals surface area contributed by atoms with Gasteiger partial charge in [-0.05, 0) is 27.7 Å². The number of hydrogen-bond donors (Lipinski definition) is 1. The van der Waals surface area contributed by atoms with Gasteiger partial charge in [0.05, 0.1) is 11.5 Å². The summed E-state index contributed by atoms with van der Waals surface area (Å²) in [6, 6.07) is 0.106. The normalized spacial score (nSPS) is 19.2. The van der Waals surface area contributed by atoms with Gasteiger partial charge < -0.3 is 14.7 Å². The molecule has 134 valence electrons. The average Bonchev–Trinajstić information content (AvgIpc) is 3.03. The lowest BCUT2D eigenvalue weighted by molar-refractivity contribution is -0.130. The van der Waals surface area contributed by atoms with E-state index in [0.29, 0.717) is 18.3 Å². The molecule has 1 N–H and O–H groups in total. The maximum absolute atomic E-state index is 12.6. The van der Waals surface area contributed by atoms with E-state index >= 15 is 0 Å². The molecule has 0 radical (unpaired) electrons. The zero-order valence-corrected chi connectivity index (χ0v) is 15.6. The van der Waals surface area contributed by atoms with Crippen molar-refractivity contribution in [2.45, 2.75) is 71.9 Å². The van der Waals surface area contributed by atoms with Crippen LogP contribution >= 0.6 is 0 Å². The molecule has 1 aromatic rings. The van der Waals surface area contributed by atoms with Crippen molar-refractivity contribution in [1.29, 1.82) is 0 Å². The molecule has 0 aromatic carbocycles. The standard InChI is InChI=1S/C17H28N4O3/c1-10(2)21-9-11(8-12(21)22)13(23)19-17(6,7)14-18-15(24-20-14)16(3,4)5/h10-11H,8-9H2,1-7H3,(H,19,23). The van der Waals surface area contributed by atoms with Crippen LogP contribution in [0.3, 0.4) is 0 Å². The van der Waals surface area contributed by atoms with Crippen molar-refractivity contribution < 1.29 is 14.1 Å². The first-order chi connectivity index (χ1) is 10.9. The predicted octanol–water partition coefficient (Wildman–Crippen LogP) is 1.98. The van der Waals surface area contributed by atoms with Crippen molar-refractivity contribution in [1.82, 2.24) is 20.4 Å². The summed E-state index contributed by atoms with van der Waals surface area (Å²) in [6.07, 6.45) is 0.250. The zero-order chi connectivity index (χ0) is 18.3. The van der Waals surface area contributed by atoms with Gasteiger partial charge in [0.25, 0.3) is 0 Å². The van der Waals surface area contributed by atoms with Gasteiger partial charge in [0.2, 0.25) is 17.7 Å². The maximum Gasteiger partial charge on any atom is 0.232 e. The molecule has 1 aliphatic rings. The molecule has 0 bridgehead atoms. The molecule has 7 nitrogen and oxygen atoms in total. The van der Waals surface area contributed by atoms with Crippen LogP contribution in [0, 0.1) is 5.92 Å². The van der Waals surface area contributed by atoms with E-state index in [0.717, 1.165) is 0 Å². The zero-order valence-electron chi connectivity index (χ0n) is 15.6. The number of nitrogens with zero attached hydrogens (tertiary/aromatic N) is 3. The molecule has 1 saturated heterocycles. The van der Waals surface area contributed by atoms with Gasteiger partial charge in [-0.25, -0.2) is 0 Å². The van der Waals surface area contributed by atoms with Crippen molar-refractivity contribution in [3.8, 4) is 0 Å². The highest BCUT2D eigenvalue weighted by molar-refractivity contribution is 5.89. The number of nitrogens with one attached hydrogen (secondary N) is 1. The van der Waals surface area contributed by atoms with Gasteiger partial charge in [0.15, 0.2) is 5.82 Å². The van der Waals surface area contributed by atoms with Crippen molar-refractivity contribution >= 4 is 11.8 Å². The van der Waals surface area contributed by atoms with E-state index in [1.807, 2.05) is 48.5 Å². The number of hydrogen-bond acceptors (Lipinski definition) is 5. The third-order valence-electron chi connectivity index (χ3n) is 4.21. The summed E-state index contributed by atoms with van der Waals surface area (Å²) in [7, 11) is 0. The Morgan fingerprint density at radius 3 is 2.38 bits per heavy atom. The molecule has 1 aliphatic heterocycles. The number of likely N-dealkylation sites (tertiary alicyclic amines) is 1. The van der Waals surface area contributed by atoms with Crippen molar-refractivity contribution in [2.75, 3.05) is 6.54 Å². The first-order valence-corrected chi connectivity index (χ1v) is 8.38. The smallest absolute Gasteiger partial charge is 0.232 e. The Morgan fingerprint density at radius 2 is 1.92 bits per heavy atom. The summed E-state index contributed by atoms with van der Waals surface area (Å²) in [5.74, 6) is 0.497. The largest absolute Gasteiger partial charge is 0.343 e. The molecule has 24 heavy (non-hydrogen) atoms. The Labute approximate surface area is 143 Å². The van der Waals surface area contributed by atoms with E-state index in [4.69, 9.17) is 4.52 Å². The number of amides is 2. The van der Waals surface area contributed by atoms with E-state index in [2.05, 4.69) is 15.5 Å². The third kappa shape index (κ3) is 3.76. The lowest BCUT2D eigenvalue weighted by atomic mass is 9.96.